The molecule has 2 aliphatic heterocycles. The molecule has 0 bridgehead atoms. The van der Waals surface area contributed by atoms with Gasteiger partial charge in [0.2, 0.25) is 0 Å². The topological polar surface area (TPSA) is 230 Å². The molecule has 0 amide bonds. The first kappa shape index (κ1) is 49.0. The maximum Gasteiger partial charge on any atom is 0.336 e. The van der Waals surface area contributed by atoms with E-state index in [1.807, 2.05) is 58.0 Å². The van der Waals surface area contributed by atoms with Gasteiger partial charge in [0.1, 0.15) is 0 Å². The Kier molecular flexibility index (Phi) is 18.1. The average molecular weight is 855 g/mol. The van der Waals surface area contributed by atoms with Crippen LogP contribution in [0.1, 0.15) is 104 Å². The summed E-state index contributed by atoms with van der Waals surface area (Å²) in [5.41, 5.74) is 19.5. The number of nitrogens with zero attached hydrogens (tertiary/aromatic N) is 5. The largest absolute Gasteiger partial charge is 0.463 e. The number of rotatable bonds is 15. The van der Waals surface area contributed by atoms with Crippen molar-refractivity contribution in [3.63, 3.8) is 0 Å². The van der Waals surface area contributed by atoms with Crippen molar-refractivity contribution in [2.45, 2.75) is 92.9 Å². The third-order valence-electron chi connectivity index (χ3n) is 10.4. The molecule has 334 valence electrons. The number of nitrogens with two attached hydrogens (primary N) is 1. The fourth-order valence-electron chi connectivity index (χ4n) is 8.09. The second-order valence-electron chi connectivity index (χ2n) is 16.4. The summed E-state index contributed by atoms with van der Waals surface area (Å²) in [5.74, 6) is -2.15. The summed E-state index contributed by atoms with van der Waals surface area (Å²) >= 11 is 0. The van der Waals surface area contributed by atoms with E-state index in [-0.39, 0.29) is 62.0 Å². The third kappa shape index (κ3) is 12.2. The molecule has 62 heavy (non-hydrogen) atoms. The smallest absolute Gasteiger partial charge is 0.336 e. The normalized spacial score (nSPS) is 19.9. The highest BCUT2D eigenvalue weighted by Gasteiger charge is 2.46. The lowest BCUT2D eigenvalue weighted by Crippen LogP contribution is -2.40. The number of ether oxygens (including phenoxy) is 4. The summed E-state index contributed by atoms with van der Waals surface area (Å²) in [7, 11) is 0. The number of azide groups is 1. The summed E-state index contributed by atoms with van der Waals surface area (Å²) in [4.78, 5) is 64.0. The number of esters is 2. The van der Waals surface area contributed by atoms with E-state index in [1.54, 1.807) is 32.3 Å². The molecule has 0 fully saturated rings. The van der Waals surface area contributed by atoms with Crippen LogP contribution < -0.4 is 16.4 Å². The Morgan fingerprint density at radius 3 is 1.56 bits per heavy atom. The standard InChI is InChI=1S/C22H27N5O4.C22H29N3O4.C2H6/c1-4-31-21(29)20-16(13-30-10-9-25-27-23)26-15-11-22(2,3)12-17(28)18(15)19(20)14-7-5-6-8-24-14;1-4-29-21(27)20-16(13-28-10-8-23)25-15-11-22(2,3)12-17(26)18(15)19(20)14-7-5-6-9-24-14;1-2/h5-8,19,26H,4,9-13H2,1-3H3;5-7,9,19,25H,4,8,10-13,23H2,1-3H3;1-2H3. The van der Waals surface area contributed by atoms with Crippen LogP contribution in [0.5, 0.6) is 0 Å². The van der Waals surface area contributed by atoms with Crippen LogP contribution in [0.3, 0.4) is 0 Å². The number of nitrogens with one attached hydrogen (secondary N) is 2. The predicted octanol–water partition coefficient (Wildman–Crippen LogP) is 6.79. The van der Waals surface area contributed by atoms with Crippen LogP contribution in [0, 0.1) is 10.8 Å². The fourth-order valence-corrected chi connectivity index (χ4v) is 8.09. The molecule has 0 saturated heterocycles. The zero-order valence-electron chi connectivity index (χ0n) is 37.3. The van der Waals surface area contributed by atoms with Crippen LogP contribution in [0.2, 0.25) is 0 Å². The molecule has 4 heterocycles. The van der Waals surface area contributed by atoms with Gasteiger partial charge in [-0.1, -0.05) is 58.8 Å². The number of dihydropyridines is 2. The van der Waals surface area contributed by atoms with Crippen LogP contribution in [0.15, 0.2) is 99.0 Å². The van der Waals surface area contributed by atoms with Gasteiger partial charge < -0.3 is 35.3 Å². The van der Waals surface area contributed by atoms with Gasteiger partial charge in [-0.05, 0) is 67.3 Å². The lowest BCUT2D eigenvalue weighted by molar-refractivity contribution is -0.140. The Morgan fingerprint density at radius 2 is 1.19 bits per heavy atom. The lowest BCUT2D eigenvalue weighted by atomic mass is 9.69. The van der Waals surface area contributed by atoms with E-state index in [9.17, 15) is 19.2 Å². The Bertz CT molecular complexity index is 2100. The van der Waals surface area contributed by atoms with Gasteiger partial charge in [0.25, 0.3) is 0 Å². The molecule has 0 radical (unpaired) electrons. The number of hydrogen-bond donors (Lipinski definition) is 3. The van der Waals surface area contributed by atoms with Crippen LogP contribution in [0.25, 0.3) is 10.4 Å². The first-order valence-corrected chi connectivity index (χ1v) is 21.3. The predicted molar refractivity (Wildman–Crippen MR) is 234 cm³/mol. The molecular weight excluding hydrogens is 793 g/mol. The Hall–Kier alpha value is -5.67. The number of carbonyl (C=O) groups excluding carboxylic acids is 4. The Balaban J connectivity index is 0.000000263. The summed E-state index contributed by atoms with van der Waals surface area (Å²) in [6.07, 6.45) is 5.50. The molecule has 0 spiro atoms. The van der Waals surface area contributed by atoms with Crippen LogP contribution in [-0.2, 0) is 38.1 Å². The minimum Gasteiger partial charge on any atom is -0.463 e. The molecule has 0 saturated carbocycles. The second-order valence-corrected chi connectivity index (χ2v) is 16.4. The molecule has 2 aromatic rings. The molecular formula is C46H62N8O8. The average Bonchev–Trinajstić information content (AvgIpc) is 3.23. The number of aromatic nitrogens is 2. The molecule has 2 aliphatic carbocycles. The van der Waals surface area contributed by atoms with Crippen molar-refractivity contribution in [3.8, 4) is 0 Å². The first-order valence-electron chi connectivity index (χ1n) is 21.3. The van der Waals surface area contributed by atoms with Crippen molar-refractivity contribution in [2.24, 2.45) is 21.7 Å². The molecule has 6 rings (SSSR count). The van der Waals surface area contributed by atoms with E-state index in [0.29, 0.717) is 83.9 Å². The number of allylic oxidation sites excluding steroid dienone is 4. The van der Waals surface area contributed by atoms with E-state index in [4.69, 9.17) is 30.2 Å². The van der Waals surface area contributed by atoms with Gasteiger partial charge in [-0.3, -0.25) is 19.6 Å². The Labute approximate surface area is 364 Å². The van der Waals surface area contributed by atoms with Crippen molar-refractivity contribution in [1.82, 2.24) is 20.6 Å². The molecule has 4 aliphatic rings. The molecule has 0 aromatic carbocycles. The van der Waals surface area contributed by atoms with Crippen molar-refractivity contribution in [2.75, 3.05) is 52.7 Å². The minimum atomic E-state index is -0.629. The fraction of sp³-hybridized carbons (Fsp3) is 0.522. The number of pyridine rings is 2. The minimum absolute atomic E-state index is 0.000438. The van der Waals surface area contributed by atoms with Gasteiger partial charge in [-0.15, -0.1) is 0 Å². The number of carbonyl (C=O) groups is 4. The first-order chi connectivity index (χ1) is 29.8. The van der Waals surface area contributed by atoms with Crippen molar-refractivity contribution < 1.29 is 38.1 Å². The highest BCUT2D eigenvalue weighted by Crippen LogP contribution is 2.48. The summed E-state index contributed by atoms with van der Waals surface area (Å²) in [5, 5.41) is 10.1. The van der Waals surface area contributed by atoms with Gasteiger partial charge in [-0.2, -0.15) is 0 Å². The van der Waals surface area contributed by atoms with E-state index < -0.39 is 23.8 Å². The van der Waals surface area contributed by atoms with E-state index in [1.165, 1.54) is 0 Å². The highest BCUT2D eigenvalue weighted by atomic mass is 16.5. The second kappa shape index (κ2) is 23.0. The quantitative estimate of drug-likeness (QED) is 0.0552. The van der Waals surface area contributed by atoms with Gasteiger partial charge in [0, 0.05) is 65.8 Å². The number of ketones is 2. The maximum atomic E-state index is 13.2. The third-order valence-corrected chi connectivity index (χ3v) is 10.4. The van der Waals surface area contributed by atoms with Crippen molar-refractivity contribution in [1.29, 1.82) is 0 Å². The van der Waals surface area contributed by atoms with E-state index >= 15 is 0 Å². The Morgan fingerprint density at radius 1 is 0.758 bits per heavy atom. The van der Waals surface area contributed by atoms with Gasteiger partial charge in [0.05, 0.1) is 85.4 Å². The van der Waals surface area contributed by atoms with E-state index in [2.05, 4.69) is 44.5 Å². The molecule has 2 aromatic heterocycles. The van der Waals surface area contributed by atoms with Crippen molar-refractivity contribution >= 4 is 23.5 Å². The van der Waals surface area contributed by atoms with Gasteiger partial charge in [-0.25, -0.2) is 9.59 Å². The molecule has 2 unspecified atom stereocenters. The summed E-state index contributed by atoms with van der Waals surface area (Å²) in [6, 6.07) is 10.9. The van der Waals surface area contributed by atoms with Crippen LogP contribution in [-0.4, -0.2) is 86.2 Å². The van der Waals surface area contributed by atoms with Crippen LogP contribution >= 0.6 is 0 Å². The molecule has 16 nitrogen and oxygen atoms in total. The van der Waals surface area contributed by atoms with Gasteiger partial charge in [0.15, 0.2) is 11.6 Å². The zero-order valence-corrected chi connectivity index (χ0v) is 37.3. The summed E-state index contributed by atoms with van der Waals surface area (Å²) < 4.78 is 22.0. The van der Waals surface area contributed by atoms with E-state index in [0.717, 1.165) is 11.4 Å². The maximum absolute atomic E-state index is 13.2. The monoisotopic (exact) mass is 854 g/mol. The number of hydrogen-bond acceptors (Lipinski definition) is 14. The zero-order chi connectivity index (χ0) is 45.5. The molecule has 4 N–H and O–H groups in total. The summed E-state index contributed by atoms with van der Waals surface area (Å²) in [6.45, 7) is 17.6. The molecule has 2 atom stereocenters. The van der Waals surface area contributed by atoms with Gasteiger partial charge >= 0.3 is 11.9 Å². The highest BCUT2D eigenvalue weighted by molar-refractivity contribution is 6.05. The number of Topliss-reactive ketones (excluding diaryl/α,β-unsaturated/α-hetero) is 2. The SMILES string of the molecule is CC.CCOC(=O)C1=C(COCCN)NC2=C(C(=O)CC(C)(C)C2)C1c1ccccn1.CCOC(=O)C1=C(COCCN=[N+]=[N-])NC2=C(C(=O)CC(C)(C)C2)C1c1ccccn1. The molecule has 16 heteroatoms. The van der Waals surface area contributed by atoms with Crippen molar-refractivity contribution in [3.05, 3.63) is 116 Å². The lowest BCUT2D eigenvalue weighted by Gasteiger charge is -2.39. The van der Waals surface area contributed by atoms with Crippen LogP contribution in [0.4, 0.5) is 0 Å².